The molecule has 0 bridgehead atoms. The molecule has 0 radical (unpaired) electrons. The molecule has 0 amide bonds. The Kier molecular flexibility index (Phi) is 4.45. The Labute approximate surface area is 117 Å². The molecule has 0 saturated carbocycles. The van der Waals surface area contributed by atoms with Gasteiger partial charge in [-0.25, -0.2) is 0 Å². The van der Waals surface area contributed by atoms with Crippen LogP contribution >= 0.6 is 22.6 Å². The van der Waals surface area contributed by atoms with Crippen LogP contribution in [0.2, 0.25) is 0 Å². The molecule has 1 N–H and O–H groups in total. The van der Waals surface area contributed by atoms with Crippen molar-refractivity contribution in [2.75, 3.05) is 13.7 Å². The average Bonchev–Trinajstić information content (AvgIpc) is 2.37. The SMILES string of the molecule is CNC(C1=COCCC1)c1cccc(C)c1I. The Morgan fingerprint density at radius 1 is 1.41 bits per heavy atom. The molecule has 1 heterocycles. The topological polar surface area (TPSA) is 21.3 Å². The predicted molar refractivity (Wildman–Crippen MR) is 79.0 cm³/mol. The van der Waals surface area contributed by atoms with E-state index < -0.39 is 0 Å². The van der Waals surface area contributed by atoms with Crippen LogP contribution in [0.15, 0.2) is 30.0 Å². The summed E-state index contributed by atoms with van der Waals surface area (Å²) in [7, 11) is 2.01. The molecule has 0 aliphatic carbocycles. The first-order chi connectivity index (χ1) is 8.24. The van der Waals surface area contributed by atoms with Gasteiger partial charge in [-0.3, -0.25) is 0 Å². The van der Waals surface area contributed by atoms with Gasteiger partial charge in [-0.1, -0.05) is 18.2 Å². The van der Waals surface area contributed by atoms with E-state index in [-0.39, 0.29) is 6.04 Å². The standard InChI is InChI=1S/C14H18INO/c1-10-5-3-7-12(13(10)15)14(16-2)11-6-4-8-17-9-11/h3,5,7,9,14,16H,4,6,8H2,1-2H3. The van der Waals surface area contributed by atoms with E-state index in [0.29, 0.717) is 0 Å². The molecule has 0 spiro atoms. The summed E-state index contributed by atoms with van der Waals surface area (Å²) in [6.07, 6.45) is 4.17. The van der Waals surface area contributed by atoms with Crippen LogP contribution in [-0.2, 0) is 4.74 Å². The second-order valence-electron chi connectivity index (χ2n) is 4.37. The van der Waals surface area contributed by atoms with Gasteiger partial charge in [-0.05, 0) is 66.1 Å². The summed E-state index contributed by atoms with van der Waals surface area (Å²) in [6.45, 7) is 3.01. The minimum atomic E-state index is 0.280. The van der Waals surface area contributed by atoms with Crippen LogP contribution in [0.25, 0.3) is 0 Å². The van der Waals surface area contributed by atoms with Crippen LogP contribution in [0.5, 0.6) is 0 Å². The first-order valence-electron chi connectivity index (χ1n) is 5.97. The molecule has 0 aromatic heterocycles. The molecule has 1 unspecified atom stereocenters. The van der Waals surface area contributed by atoms with Crippen molar-refractivity contribution >= 4 is 22.6 Å². The van der Waals surface area contributed by atoms with Crippen molar-refractivity contribution < 1.29 is 4.74 Å². The Morgan fingerprint density at radius 2 is 2.24 bits per heavy atom. The molecule has 1 aromatic carbocycles. The van der Waals surface area contributed by atoms with Gasteiger partial charge in [0.25, 0.3) is 0 Å². The van der Waals surface area contributed by atoms with E-state index in [4.69, 9.17) is 4.74 Å². The smallest absolute Gasteiger partial charge is 0.0876 e. The van der Waals surface area contributed by atoms with Crippen LogP contribution < -0.4 is 5.32 Å². The highest BCUT2D eigenvalue weighted by Crippen LogP contribution is 2.31. The summed E-state index contributed by atoms with van der Waals surface area (Å²) in [4.78, 5) is 0. The van der Waals surface area contributed by atoms with Crippen LogP contribution in [0.1, 0.15) is 30.0 Å². The Balaban J connectivity index is 2.34. The second kappa shape index (κ2) is 5.87. The molecule has 0 fully saturated rings. The van der Waals surface area contributed by atoms with E-state index >= 15 is 0 Å². The van der Waals surface area contributed by atoms with Crippen molar-refractivity contribution in [3.8, 4) is 0 Å². The molecule has 2 nitrogen and oxygen atoms in total. The molecule has 17 heavy (non-hydrogen) atoms. The third kappa shape index (κ3) is 2.83. The zero-order valence-corrected chi connectivity index (χ0v) is 12.5. The van der Waals surface area contributed by atoms with E-state index in [2.05, 4.69) is 53.0 Å². The van der Waals surface area contributed by atoms with Crippen molar-refractivity contribution in [3.05, 3.63) is 44.7 Å². The summed E-state index contributed by atoms with van der Waals surface area (Å²) >= 11 is 2.43. The van der Waals surface area contributed by atoms with Crippen LogP contribution in [-0.4, -0.2) is 13.7 Å². The first-order valence-corrected chi connectivity index (χ1v) is 7.04. The molecule has 1 aliphatic rings. The fraction of sp³-hybridized carbons (Fsp3) is 0.429. The Bertz CT molecular complexity index is 428. The third-order valence-corrected chi connectivity index (χ3v) is 4.63. The van der Waals surface area contributed by atoms with Crippen molar-refractivity contribution in [1.29, 1.82) is 0 Å². The fourth-order valence-electron chi connectivity index (χ4n) is 2.23. The van der Waals surface area contributed by atoms with E-state index in [1.165, 1.54) is 20.3 Å². The van der Waals surface area contributed by atoms with Crippen LogP contribution in [0.4, 0.5) is 0 Å². The Morgan fingerprint density at radius 3 is 2.88 bits per heavy atom. The zero-order chi connectivity index (χ0) is 12.3. The number of nitrogens with one attached hydrogen (secondary N) is 1. The summed E-state index contributed by atoms with van der Waals surface area (Å²) in [5.74, 6) is 0. The van der Waals surface area contributed by atoms with Gasteiger partial charge in [0.05, 0.1) is 18.9 Å². The average molecular weight is 343 g/mol. The quantitative estimate of drug-likeness (QED) is 0.848. The number of likely N-dealkylation sites (N-methyl/N-ethyl adjacent to an activating group) is 1. The molecule has 92 valence electrons. The van der Waals surface area contributed by atoms with Gasteiger partial charge in [0.15, 0.2) is 0 Å². The number of benzene rings is 1. The lowest BCUT2D eigenvalue weighted by atomic mass is 9.94. The van der Waals surface area contributed by atoms with Crippen LogP contribution in [0.3, 0.4) is 0 Å². The molecule has 3 heteroatoms. The van der Waals surface area contributed by atoms with Crippen LogP contribution in [0, 0.1) is 10.5 Å². The lowest BCUT2D eigenvalue weighted by molar-refractivity contribution is 0.220. The number of ether oxygens (including phenoxy) is 1. The molecular weight excluding hydrogens is 325 g/mol. The number of aryl methyl sites for hydroxylation is 1. The minimum Gasteiger partial charge on any atom is -0.501 e. The number of rotatable bonds is 3. The van der Waals surface area contributed by atoms with Crippen molar-refractivity contribution in [3.63, 3.8) is 0 Å². The highest BCUT2D eigenvalue weighted by molar-refractivity contribution is 14.1. The highest BCUT2D eigenvalue weighted by Gasteiger charge is 2.19. The van der Waals surface area contributed by atoms with Gasteiger partial charge in [-0.2, -0.15) is 0 Å². The maximum atomic E-state index is 5.45. The molecule has 1 aromatic rings. The van der Waals surface area contributed by atoms with Crippen molar-refractivity contribution in [1.82, 2.24) is 5.32 Å². The fourth-order valence-corrected chi connectivity index (χ4v) is 2.90. The van der Waals surface area contributed by atoms with Crippen molar-refractivity contribution in [2.45, 2.75) is 25.8 Å². The molecule has 0 saturated heterocycles. The summed E-state index contributed by atoms with van der Waals surface area (Å²) < 4.78 is 6.80. The number of hydrogen-bond acceptors (Lipinski definition) is 2. The molecular formula is C14H18INO. The summed E-state index contributed by atoms with van der Waals surface area (Å²) in [5, 5.41) is 3.40. The minimum absolute atomic E-state index is 0.280. The summed E-state index contributed by atoms with van der Waals surface area (Å²) in [5.41, 5.74) is 4.03. The normalized spacial score (nSPS) is 17.2. The van der Waals surface area contributed by atoms with Gasteiger partial charge < -0.3 is 10.1 Å². The number of hydrogen-bond donors (Lipinski definition) is 1. The van der Waals surface area contributed by atoms with Gasteiger partial charge in [0.1, 0.15) is 0 Å². The monoisotopic (exact) mass is 343 g/mol. The molecule has 1 atom stereocenters. The molecule has 1 aliphatic heterocycles. The lowest BCUT2D eigenvalue weighted by Crippen LogP contribution is -2.22. The Hall–Kier alpha value is -0.550. The lowest BCUT2D eigenvalue weighted by Gasteiger charge is -2.24. The molecule has 2 rings (SSSR count). The third-order valence-electron chi connectivity index (χ3n) is 3.15. The van der Waals surface area contributed by atoms with E-state index in [0.717, 1.165) is 19.4 Å². The van der Waals surface area contributed by atoms with Gasteiger partial charge >= 0.3 is 0 Å². The zero-order valence-electron chi connectivity index (χ0n) is 10.3. The van der Waals surface area contributed by atoms with Crippen molar-refractivity contribution in [2.24, 2.45) is 0 Å². The largest absolute Gasteiger partial charge is 0.501 e. The van der Waals surface area contributed by atoms with Gasteiger partial charge in [0, 0.05) is 3.57 Å². The van der Waals surface area contributed by atoms with Gasteiger partial charge in [0.2, 0.25) is 0 Å². The summed E-state index contributed by atoms with van der Waals surface area (Å²) in [6, 6.07) is 6.76. The number of halogens is 1. The predicted octanol–water partition coefficient (Wildman–Crippen LogP) is 3.55. The second-order valence-corrected chi connectivity index (χ2v) is 5.45. The van der Waals surface area contributed by atoms with E-state index in [9.17, 15) is 0 Å². The maximum Gasteiger partial charge on any atom is 0.0876 e. The van der Waals surface area contributed by atoms with E-state index in [1.54, 1.807) is 0 Å². The highest BCUT2D eigenvalue weighted by atomic mass is 127. The first kappa shape index (κ1) is 12.9. The van der Waals surface area contributed by atoms with Gasteiger partial charge in [-0.15, -0.1) is 0 Å². The van der Waals surface area contributed by atoms with E-state index in [1.807, 2.05) is 13.3 Å². The maximum absolute atomic E-state index is 5.45.